The molecule has 0 aromatic rings. The maximum absolute atomic E-state index is 9.89. The van der Waals surface area contributed by atoms with E-state index in [-0.39, 0.29) is 40.6 Å². The molecular weight excluding hydrogens is 142 g/mol. The van der Waals surface area contributed by atoms with Gasteiger partial charge in [-0.3, -0.25) is 4.90 Å². The summed E-state index contributed by atoms with van der Waals surface area (Å²) in [5, 5.41) is 0. The predicted molar refractivity (Wildman–Crippen MR) is 41.8 cm³/mol. The van der Waals surface area contributed by atoms with Crippen molar-refractivity contribution in [3.63, 3.8) is 0 Å². The molecule has 0 aliphatic heterocycles. The van der Waals surface area contributed by atoms with Crippen molar-refractivity contribution in [3.05, 3.63) is 0 Å². The van der Waals surface area contributed by atoms with Crippen molar-refractivity contribution < 1.29 is 7.65 Å². The SMILES string of the molecule is CCN(CC)CC=O.[Ca+2].[H-].[H-]. The Morgan fingerprint density at radius 1 is 1.44 bits per heavy atom. The Labute approximate surface area is 89.6 Å². The van der Waals surface area contributed by atoms with Crippen LogP contribution in [0.1, 0.15) is 16.7 Å². The monoisotopic (exact) mass is 157 g/mol. The Kier molecular flexibility index (Phi) is 12.4. The third kappa shape index (κ3) is 6.78. The molecule has 0 heterocycles. The normalized spacial score (nSPS) is 8.78. The summed E-state index contributed by atoms with van der Waals surface area (Å²) in [6, 6.07) is 0. The van der Waals surface area contributed by atoms with Crippen molar-refractivity contribution in [1.82, 2.24) is 4.90 Å². The van der Waals surface area contributed by atoms with Gasteiger partial charge in [0.25, 0.3) is 0 Å². The average molecular weight is 157 g/mol. The van der Waals surface area contributed by atoms with Crippen molar-refractivity contribution in [1.29, 1.82) is 0 Å². The predicted octanol–water partition coefficient (Wildman–Crippen LogP) is 0.371. The van der Waals surface area contributed by atoms with Crippen LogP contribution in [0, 0.1) is 0 Å². The van der Waals surface area contributed by atoms with E-state index in [0.717, 1.165) is 19.4 Å². The molecule has 0 aliphatic rings. The fraction of sp³-hybridized carbons (Fsp3) is 0.833. The number of carbonyl (C=O) groups is 1. The molecule has 0 amide bonds. The maximum Gasteiger partial charge on any atom is 2.00 e. The van der Waals surface area contributed by atoms with Crippen LogP contribution in [0.25, 0.3) is 0 Å². The molecule has 0 atom stereocenters. The van der Waals surface area contributed by atoms with Gasteiger partial charge in [-0.05, 0) is 13.1 Å². The Morgan fingerprint density at radius 3 is 2.00 bits per heavy atom. The van der Waals surface area contributed by atoms with Gasteiger partial charge in [0.2, 0.25) is 0 Å². The summed E-state index contributed by atoms with van der Waals surface area (Å²) in [5.41, 5.74) is 0. The van der Waals surface area contributed by atoms with Crippen molar-refractivity contribution in [3.8, 4) is 0 Å². The van der Waals surface area contributed by atoms with Crippen molar-refractivity contribution >= 4 is 44.0 Å². The number of hydrogen-bond acceptors (Lipinski definition) is 2. The summed E-state index contributed by atoms with van der Waals surface area (Å²) in [6.07, 6.45) is 0.938. The zero-order valence-electron chi connectivity index (χ0n) is 8.26. The minimum Gasteiger partial charge on any atom is -1.00 e. The van der Waals surface area contributed by atoms with Crippen LogP contribution in [0.5, 0.6) is 0 Å². The molecule has 52 valence electrons. The Hall–Kier alpha value is 0.890. The van der Waals surface area contributed by atoms with Gasteiger partial charge >= 0.3 is 37.7 Å². The van der Waals surface area contributed by atoms with Crippen molar-refractivity contribution in [2.45, 2.75) is 13.8 Å². The molecule has 0 unspecified atom stereocenters. The van der Waals surface area contributed by atoms with Crippen LogP contribution in [0.3, 0.4) is 0 Å². The molecule has 2 nitrogen and oxygen atoms in total. The largest absolute Gasteiger partial charge is 2.00 e. The van der Waals surface area contributed by atoms with E-state index in [4.69, 9.17) is 0 Å². The summed E-state index contributed by atoms with van der Waals surface area (Å²) in [5.74, 6) is 0. The first-order valence-electron chi connectivity index (χ1n) is 3.01. The first-order chi connectivity index (χ1) is 3.85. The molecule has 0 N–H and O–H groups in total. The van der Waals surface area contributed by atoms with Gasteiger partial charge < -0.3 is 7.65 Å². The molecule has 0 saturated heterocycles. The molecule has 0 saturated carbocycles. The van der Waals surface area contributed by atoms with Crippen LogP contribution >= 0.6 is 0 Å². The molecular formula is C6H15CaNO. The van der Waals surface area contributed by atoms with Gasteiger partial charge in [0.1, 0.15) is 6.29 Å². The van der Waals surface area contributed by atoms with Gasteiger partial charge in [0.15, 0.2) is 0 Å². The van der Waals surface area contributed by atoms with Gasteiger partial charge in [-0.1, -0.05) is 13.8 Å². The van der Waals surface area contributed by atoms with Crippen LogP contribution in [-0.4, -0.2) is 68.6 Å². The number of carbonyl (C=O) groups excluding carboxylic acids is 1. The number of rotatable bonds is 4. The van der Waals surface area contributed by atoms with E-state index in [0.29, 0.717) is 6.54 Å². The van der Waals surface area contributed by atoms with E-state index in [1.807, 2.05) is 13.8 Å². The summed E-state index contributed by atoms with van der Waals surface area (Å²) < 4.78 is 0. The Morgan fingerprint density at radius 2 is 1.89 bits per heavy atom. The minimum absolute atomic E-state index is 0. The standard InChI is InChI=1S/C6H13NO.Ca.2H/c1-3-7(4-2)5-6-8;;;/h6H,3-5H2,1-2H3;;;/q;+2;2*-1. The average Bonchev–Trinajstić information content (AvgIpc) is 1.83. The molecule has 0 bridgehead atoms. The number of likely N-dealkylation sites (N-methyl/N-ethyl adjacent to an activating group) is 1. The van der Waals surface area contributed by atoms with Crippen LogP contribution < -0.4 is 0 Å². The van der Waals surface area contributed by atoms with E-state index in [2.05, 4.69) is 4.90 Å². The number of hydrogen-bond donors (Lipinski definition) is 0. The number of aldehydes is 1. The molecule has 3 heteroatoms. The summed E-state index contributed by atoms with van der Waals surface area (Å²) in [6.45, 7) is 6.61. The molecule has 0 rings (SSSR count). The third-order valence-electron chi connectivity index (χ3n) is 1.23. The first-order valence-corrected chi connectivity index (χ1v) is 3.01. The number of nitrogens with zero attached hydrogens (tertiary/aromatic N) is 1. The second-order valence-electron chi connectivity index (χ2n) is 1.65. The minimum atomic E-state index is 0. The van der Waals surface area contributed by atoms with E-state index in [1.54, 1.807) is 0 Å². The molecule has 0 aliphatic carbocycles. The smallest absolute Gasteiger partial charge is 1.00 e. The van der Waals surface area contributed by atoms with Crippen molar-refractivity contribution in [2.75, 3.05) is 19.6 Å². The summed E-state index contributed by atoms with van der Waals surface area (Å²) in [7, 11) is 0. The van der Waals surface area contributed by atoms with E-state index >= 15 is 0 Å². The van der Waals surface area contributed by atoms with Gasteiger partial charge in [0, 0.05) is 0 Å². The van der Waals surface area contributed by atoms with Gasteiger partial charge in [-0.2, -0.15) is 0 Å². The fourth-order valence-corrected chi connectivity index (χ4v) is 0.587. The van der Waals surface area contributed by atoms with Crippen LogP contribution in [-0.2, 0) is 4.79 Å². The second-order valence-corrected chi connectivity index (χ2v) is 1.65. The molecule has 0 fully saturated rings. The summed E-state index contributed by atoms with van der Waals surface area (Å²) >= 11 is 0. The Bertz CT molecular complexity index is 71.6. The fourth-order valence-electron chi connectivity index (χ4n) is 0.587. The molecule has 0 aromatic heterocycles. The second kappa shape index (κ2) is 8.89. The molecule has 0 radical (unpaired) electrons. The molecule has 0 spiro atoms. The maximum atomic E-state index is 9.89. The van der Waals surface area contributed by atoms with E-state index in [9.17, 15) is 4.79 Å². The van der Waals surface area contributed by atoms with Crippen LogP contribution in [0.15, 0.2) is 0 Å². The van der Waals surface area contributed by atoms with Gasteiger partial charge in [-0.25, -0.2) is 0 Å². The van der Waals surface area contributed by atoms with E-state index in [1.165, 1.54) is 0 Å². The topological polar surface area (TPSA) is 20.3 Å². The molecule has 0 aromatic carbocycles. The molecule has 9 heavy (non-hydrogen) atoms. The van der Waals surface area contributed by atoms with E-state index < -0.39 is 0 Å². The zero-order chi connectivity index (χ0) is 6.41. The Balaban J connectivity index is -0.0000000817. The first kappa shape index (κ1) is 12.6. The quantitative estimate of drug-likeness (QED) is 0.434. The third-order valence-corrected chi connectivity index (χ3v) is 1.23. The van der Waals surface area contributed by atoms with Gasteiger partial charge in [-0.15, -0.1) is 0 Å². The summed E-state index contributed by atoms with van der Waals surface area (Å²) in [4.78, 5) is 12.0. The van der Waals surface area contributed by atoms with Crippen LogP contribution in [0.4, 0.5) is 0 Å². The van der Waals surface area contributed by atoms with Crippen LogP contribution in [0.2, 0.25) is 0 Å². The zero-order valence-corrected chi connectivity index (χ0v) is 8.47. The van der Waals surface area contributed by atoms with Crippen molar-refractivity contribution in [2.24, 2.45) is 0 Å². The van der Waals surface area contributed by atoms with Gasteiger partial charge in [0.05, 0.1) is 6.54 Å².